The molecule has 0 aromatic heterocycles. The average molecular weight is 265 g/mol. The van der Waals surface area contributed by atoms with Crippen molar-refractivity contribution in [2.24, 2.45) is 16.7 Å². The number of fused-ring (bicyclic) bond motifs is 2. The zero-order chi connectivity index (χ0) is 13.7. The fourth-order valence-corrected chi connectivity index (χ4v) is 5.28. The average Bonchev–Trinajstić information content (AvgIpc) is 2.72. The minimum absolute atomic E-state index is 0.444. The molecule has 1 N–H and O–H groups in total. The van der Waals surface area contributed by atoms with Gasteiger partial charge in [-0.1, -0.05) is 33.6 Å². The zero-order valence-electron chi connectivity index (χ0n) is 13.2. The van der Waals surface area contributed by atoms with Gasteiger partial charge < -0.3 is 10.1 Å². The lowest BCUT2D eigenvalue weighted by atomic mass is 9.69. The van der Waals surface area contributed by atoms with Crippen LogP contribution in [0.5, 0.6) is 0 Å². The van der Waals surface area contributed by atoms with Crippen molar-refractivity contribution in [3.63, 3.8) is 0 Å². The molecule has 3 aliphatic rings. The normalized spacial score (nSPS) is 48.6. The first-order valence-electron chi connectivity index (χ1n) is 8.28. The highest BCUT2D eigenvalue weighted by molar-refractivity contribution is 5.13. The predicted octanol–water partition coefficient (Wildman–Crippen LogP) is 3.75. The lowest BCUT2D eigenvalue weighted by molar-refractivity contribution is 0.0241. The van der Waals surface area contributed by atoms with Gasteiger partial charge in [-0.3, -0.25) is 0 Å². The van der Waals surface area contributed by atoms with Crippen molar-refractivity contribution in [2.45, 2.75) is 83.9 Å². The van der Waals surface area contributed by atoms with E-state index in [1.54, 1.807) is 0 Å². The molecule has 2 heteroatoms. The van der Waals surface area contributed by atoms with E-state index in [1.165, 1.54) is 44.9 Å². The van der Waals surface area contributed by atoms with Gasteiger partial charge in [0.25, 0.3) is 0 Å². The lowest BCUT2D eigenvalue weighted by Gasteiger charge is -2.43. The van der Waals surface area contributed by atoms with Crippen LogP contribution in [0.25, 0.3) is 0 Å². The Morgan fingerprint density at radius 1 is 1.05 bits per heavy atom. The summed E-state index contributed by atoms with van der Waals surface area (Å²) in [6.45, 7) is 7.53. The predicted molar refractivity (Wildman–Crippen MR) is 79.2 cm³/mol. The van der Waals surface area contributed by atoms with Gasteiger partial charge >= 0.3 is 0 Å². The van der Waals surface area contributed by atoms with Gasteiger partial charge in [-0.15, -0.1) is 0 Å². The Hall–Kier alpha value is -0.0800. The molecule has 0 aliphatic heterocycles. The summed E-state index contributed by atoms with van der Waals surface area (Å²) in [7, 11) is 1.89. The van der Waals surface area contributed by atoms with Crippen LogP contribution < -0.4 is 5.32 Å². The summed E-state index contributed by atoms with van der Waals surface area (Å²) in [6.07, 6.45) is 9.93. The van der Waals surface area contributed by atoms with E-state index in [2.05, 4.69) is 26.1 Å². The molecule has 2 bridgehead atoms. The molecule has 0 heterocycles. The number of nitrogens with one attached hydrogen (secondary N) is 1. The van der Waals surface area contributed by atoms with Crippen LogP contribution >= 0.6 is 0 Å². The number of rotatable bonds is 3. The second-order valence-electron chi connectivity index (χ2n) is 7.99. The van der Waals surface area contributed by atoms with Gasteiger partial charge in [0.05, 0.1) is 6.10 Å². The highest BCUT2D eigenvalue weighted by Gasteiger charge is 2.61. The molecule has 5 atom stereocenters. The molecule has 0 aromatic rings. The van der Waals surface area contributed by atoms with Gasteiger partial charge in [0.1, 0.15) is 0 Å². The molecule has 3 rings (SSSR count). The molecular formula is C17H31NO. The van der Waals surface area contributed by atoms with Gasteiger partial charge in [0.15, 0.2) is 0 Å². The van der Waals surface area contributed by atoms with Gasteiger partial charge in [-0.05, 0) is 48.9 Å². The maximum Gasteiger partial charge on any atom is 0.0724 e. The summed E-state index contributed by atoms with van der Waals surface area (Å²) in [5.41, 5.74) is 1.01. The number of hydrogen-bond donors (Lipinski definition) is 1. The van der Waals surface area contributed by atoms with Crippen molar-refractivity contribution >= 4 is 0 Å². The third kappa shape index (κ3) is 1.98. The number of ether oxygens (including phenoxy) is 1. The molecule has 0 aromatic carbocycles. The van der Waals surface area contributed by atoms with Crippen LogP contribution in [0.15, 0.2) is 0 Å². The molecule has 0 radical (unpaired) electrons. The van der Waals surface area contributed by atoms with Crippen molar-refractivity contribution in [1.29, 1.82) is 0 Å². The second kappa shape index (κ2) is 4.73. The van der Waals surface area contributed by atoms with E-state index in [1.807, 2.05) is 7.11 Å². The Morgan fingerprint density at radius 2 is 1.79 bits per heavy atom. The van der Waals surface area contributed by atoms with E-state index >= 15 is 0 Å². The molecule has 19 heavy (non-hydrogen) atoms. The minimum Gasteiger partial charge on any atom is -0.380 e. The maximum atomic E-state index is 5.72. The van der Waals surface area contributed by atoms with E-state index in [4.69, 9.17) is 4.74 Å². The van der Waals surface area contributed by atoms with Crippen LogP contribution in [0.4, 0.5) is 0 Å². The Kier molecular flexibility index (Phi) is 3.46. The first kappa shape index (κ1) is 13.9. The Labute approximate surface area is 118 Å². The number of methoxy groups -OCH3 is 1. The van der Waals surface area contributed by atoms with E-state index in [-0.39, 0.29) is 0 Å². The smallest absolute Gasteiger partial charge is 0.0724 e. The SMILES string of the molecule is COC1CCCCC1NC1CC2CCC1(C)C2(C)C. The van der Waals surface area contributed by atoms with E-state index in [0.717, 1.165) is 5.92 Å². The molecule has 3 saturated carbocycles. The monoisotopic (exact) mass is 265 g/mol. The van der Waals surface area contributed by atoms with Crippen LogP contribution in [0.1, 0.15) is 65.7 Å². The number of hydrogen-bond acceptors (Lipinski definition) is 2. The van der Waals surface area contributed by atoms with Crippen molar-refractivity contribution in [3.8, 4) is 0 Å². The quantitative estimate of drug-likeness (QED) is 0.839. The Morgan fingerprint density at radius 3 is 2.37 bits per heavy atom. The van der Waals surface area contributed by atoms with Gasteiger partial charge in [-0.2, -0.15) is 0 Å². The summed E-state index contributed by atoms with van der Waals surface area (Å²) < 4.78 is 5.72. The van der Waals surface area contributed by atoms with Crippen LogP contribution in [0.2, 0.25) is 0 Å². The van der Waals surface area contributed by atoms with Crippen molar-refractivity contribution < 1.29 is 4.74 Å². The summed E-state index contributed by atoms with van der Waals surface area (Å²) in [5, 5.41) is 4.02. The molecule has 5 unspecified atom stereocenters. The summed E-state index contributed by atoms with van der Waals surface area (Å²) in [6, 6.07) is 1.30. The largest absolute Gasteiger partial charge is 0.380 e. The summed E-state index contributed by atoms with van der Waals surface area (Å²) in [4.78, 5) is 0. The summed E-state index contributed by atoms with van der Waals surface area (Å²) >= 11 is 0. The first-order valence-corrected chi connectivity index (χ1v) is 8.28. The highest BCUT2D eigenvalue weighted by Crippen LogP contribution is 2.65. The Bertz CT molecular complexity index is 340. The minimum atomic E-state index is 0.444. The molecule has 0 amide bonds. The highest BCUT2D eigenvalue weighted by atomic mass is 16.5. The zero-order valence-corrected chi connectivity index (χ0v) is 13.2. The fourth-order valence-electron chi connectivity index (χ4n) is 5.28. The topological polar surface area (TPSA) is 21.3 Å². The third-order valence-electron chi connectivity index (χ3n) is 7.21. The van der Waals surface area contributed by atoms with Crippen LogP contribution in [0, 0.1) is 16.7 Å². The van der Waals surface area contributed by atoms with Gasteiger partial charge in [-0.25, -0.2) is 0 Å². The van der Waals surface area contributed by atoms with E-state index in [9.17, 15) is 0 Å². The molecule has 0 spiro atoms. The molecule has 110 valence electrons. The van der Waals surface area contributed by atoms with Crippen molar-refractivity contribution in [3.05, 3.63) is 0 Å². The third-order valence-corrected chi connectivity index (χ3v) is 7.21. The first-order chi connectivity index (χ1) is 8.99. The van der Waals surface area contributed by atoms with Gasteiger partial charge in [0, 0.05) is 19.2 Å². The van der Waals surface area contributed by atoms with E-state index < -0.39 is 0 Å². The molecule has 2 nitrogen and oxygen atoms in total. The lowest BCUT2D eigenvalue weighted by Crippen LogP contribution is -2.53. The standard InChI is InChI=1S/C17H31NO/c1-16(2)12-9-10-17(16,3)15(11-12)18-13-7-5-6-8-14(13)19-4/h12-15,18H,5-11H2,1-4H3. The molecule has 3 aliphatic carbocycles. The van der Waals surface area contributed by atoms with Crippen LogP contribution in [0.3, 0.4) is 0 Å². The van der Waals surface area contributed by atoms with Gasteiger partial charge in [0.2, 0.25) is 0 Å². The fraction of sp³-hybridized carbons (Fsp3) is 1.00. The van der Waals surface area contributed by atoms with Crippen LogP contribution in [-0.4, -0.2) is 25.3 Å². The maximum absolute atomic E-state index is 5.72. The van der Waals surface area contributed by atoms with Crippen molar-refractivity contribution in [1.82, 2.24) is 5.32 Å². The Balaban J connectivity index is 1.71. The second-order valence-corrected chi connectivity index (χ2v) is 7.99. The van der Waals surface area contributed by atoms with E-state index in [0.29, 0.717) is 29.0 Å². The van der Waals surface area contributed by atoms with Crippen molar-refractivity contribution in [2.75, 3.05) is 7.11 Å². The molecule has 0 saturated heterocycles. The summed E-state index contributed by atoms with van der Waals surface area (Å²) in [5.74, 6) is 0.930. The molecular weight excluding hydrogens is 234 g/mol. The van der Waals surface area contributed by atoms with Crippen LogP contribution in [-0.2, 0) is 4.74 Å². The molecule has 3 fully saturated rings.